The maximum absolute atomic E-state index is 10.6. The first-order valence-corrected chi connectivity index (χ1v) is 8.95. The highest BCUT2D eigenvalue weighted by Gasteiger charge is 2.07. The molecule has 0 saturated carbocycles. The summed E-state index contributed by atoms with van der Waals surface area (Å²) in [5.41, 5.74) is 0. The van der Waals surface area contributed by atoms with E-state index in [1.54, 1.807) is 0 Å². The lowest BCUT2D eigenvalue weighted by Gasteiger charge is -1.97. The van der Waals surface area contributed by atoms with E-state index in [1.165, 1.54) is 6.42 Å². The number of aliphatic carboxylic acids is 4. The molecule has 0 aliphatic carbocycles. The first kappa shape index (κ1) is 31.5. The summed E-state index contributed by atoms with van der Waals surface area (Å²) in [7, 11) is 0. The summed E-state index contributed by atoms with van der Waals surface area (Å²) >= 11 is 0. The topological polar surface area (TPSA) is 239 Å². The minimum atomic E-state index is -1.28. The predicted octanol–water partition coefficient (Wildman–Crippen LogP) is -0.770. The minimum Gasteiger partial charge on any atom is -0.481 e. The Bertz CT molecular complexity index is 538. The molecule has 0 atom stereocenters. The maximum atomic E-state index is 10.6. The minimum absolute atomic E-state index is 0. The monoisotopic (exact) mass is 438 g/mol. The van der Waals surface area contributed by atoms with Gasteiger partial charge in [0.1, 0.15) is 13.0 Å². The fourth-order valence-corrected chi connectivity index (χ4v) is 1.83. The van der Waals surface area contributed by atoms with Gasteiger partial charge in [0.25, 0.3) is 0 Å². The van der Waals surface area contributed by atoms with Gasteiger partial charge in [-0.1, -0.05) is 6.42 Å². The molecule has 13 nitrogen and oxygen atoms in total. The lowest BCUT2D eigenvalue weighted by atomic mass is 10.2. The molecule has 0 radical (unpaired) electrons. The van der Waals surface area contributed by atoms with Crippen LogP contribution in [-0.2, 0) is 28.8 Å². The van der Waals surface area contributed by atoms with E-state index in [1.807, 2.05) is 5.32 Å². The first-order chi connectivity index (χ1) is 13.5. The summed E-state index contributed by atoms with van der Waals surface area (Å²) in [6.45, 7) is 0.338. The van der Waals surface area contributed by atoms with Crippen molar-refractivity contribution in [2.75, 3.05) is 13.1 Å². The number of rotatable bonds is 9. The van der Waals surface area contributed by atoms with Crippen LogP contribution < -0.4 is 10.6 Å². The number of carboxylic acid groups (broad SMARTS) is 4. The van der Waals surface area contributed by atoms with Crippen molar-refractivity contribution in [2.24, 2.45) is 0 Å². The van der Waals surface area contributed by atoms with Gasteiger partial charge in [0, 0.05) is 25.8 Å². The summed E-state index contributed by atoms with van der Waals surface area (Å²) < 4.78 is 0. The van der Waals surface area contributed by atoms with Crippen molar-refractivity contribution in [1.29, 1.82) is 0 Å². The van der Waals surface area contributed by atoms with Crippen LogP contribution in [0.5, 0.6) is 0 Å². The predicted molar refractivity (Wildman–Crippen MR) is 102 cm³/mol. The Morgan fingerprint density at radius 3 is 1.77 bits per heavy atom. The Hall–Kier alpha value is -3.22. The first-order valence-electron chi connectivity index (χ1n) is 8.95. The van der Waals surface area contributed by atoms with Crippen molar-refractivity contribution >= 4 is 35.7 Å². The zero-order chi connectivity index (χ0) is 22.7. The summed E-state index contributed by atoms with van der Waals surface area (Å²) in [5, 5.41) is 37.0. The molecular weight excluding hydrogens is 408 g/mol. The molecular formula is C17H30N2O11. The highest BCUT2D eigenvalue weighted by atomic mass is 16.4. The Morgan fingerprint density at radius 1 is 0.800 bits per heavy atom. The Labute approximate surface area is 172 Å². The molecule has 174 valence electrons. The van der Waals surface area contributed by atoms with Crippen molar-refractivity contribution < 1.29 is 54.7 Å². The van der Waals surface area contributed by atoms with Crippen LogP contribution >= 0.6 is 0 Å². The van der Waals surface area contributed by atoms with Gasteiger partial charge in [-0.05, 0) is 25.7 Å². The van der Waals surface area contributed by atoms with Gasteiger partial charge in [0.15, 0.2) is 0 Å². The smallest absolute Gasteiger partial charge is 0.322 e. The molecule has 0 unspecified atom stereocenters. The largest absolute Gasteiger partial charge is 0.481 e. The fraction of sp³-hybridized carbons (Fsp3) is 0.647. The van der Waals surface area contributed by atoms with E-state index in [4.69, 9.17) is 20.4 Å². The lowest BCUT2D eigenvalue weighted by molar-refractivity contribution is -0.143. The van der Waals surface area contributed by atoms with E-state index >= 15 is 0 Å². The molecule has 13 heteroatoms. The molecule has 1 heterocycles. The quantitative estimate of drug-likeness (QED) is 0.194. The van der Waals surface area contributed by atoms with Crippen molar-refractivity contribution in [3.05, 3.63) is 0 Å². The van der Waals surface area contributed by atoms with Gasteiger partial charge >= 0.3 is 23.9 Å². The molecule has 1 aliphatic heterocycles. The van der Waals surface area contributed by atoms with E-state index in [0.29, 0.717) is 12.8 Å². The van der Waals surface area contributed by atoms with Crippen LogP contribution in [0.25, 0.3) is 0 Å². The van der Waals surface area contributed by atoms with Crippen LogP contribution in [0.3, 0.4) is 0 Å². The molecule has 0 aromatic carbocycles. The van der Waals surface area contributed by atoms with E-state index < -0.39 is 42.7 Å². The number of nitrogens with one attached hydrogen (secondary N) is 2. The van der Waals surface area contributed by atoms with Gasteiger partial charge in [-0.3, -0.25) is 28.8 Å². The van der Waals surface area contributed by atoms with Gasteiger partial charge < -0.3 is 36.5 Å². The fourth-order valence-electron chi connectivity index (χ4n) is 1.83. The maximum Gasteiger partial charge on any atom is 0.322 e. The van der Waals surface area contributed by atoms with Gasteiger partial charge in [-0.2, -0.15) is 0 Å². The van der Waals surface area contributed by atoms with E-state index in [0.717, 1.165) is 25.8 Å². The molecule has 1 rings (SSSR count). The van der Waals surface area contributed by atoms with E-state index in [-0.39, 0.29) is 24.2 Å². The SMILES string of the molecule is O.O=C(O)CCCCC(=O)O.O=C(O)CNC(=O)CC(=O)O.O=C1CCCCCN1. The summed E-state index contributed by atoms with van der Waals surface area (Å²) in [6, 6.07) is 0. The number of carbonyl (C=O) groups excluding carboxylic acids is 2. The molecule has 1 saturated heterocycles. The summed E-state index contributed by atoms with van der Waals surface area (Å²) in [5.74, 6) is -4.81. The van der Waals surface area contributed by atoms with Gasteiger partial charge in [-0.25, -0.2) is 0 Å². The molecule has 8 N–H and O–H groups in total. The zero-order valence-corrected chi connectivity index (χ0v) is 16.5. The van der Waals surface area contributed by atoms with E-state index in [2.05, 4.69) is 5.32 Å². The highest BCUT2D eigenvalue weighted by Crippen LogP contribution is 2.02. The average molecular weight is 438 g/mol. The van der Waals surface area contributed by atoms with Gasteiger partial charge in [-0.15, -0.1) is 0 Å². The third-order valence-electron chi connectivity index (χ3n) is 3.18. The molecule has 0 spiro atoms. The third-order valence-corrected chi connectivity index (χ3v) is 3.18. The Balaban J connectivity index is -0.000000362. The normalized spacial score (nSPS) is 12.1. The number of hydrogen-bond donors (Lipinski definition) is 6. The summed E-state index contributed by atoms with van der Waals surface area (Å²) in [4.78, 5) is 60.4. The Morgan fingerprint density at radius 2 is 1.33 bits per heavy atom. The zero-order valence-electron chi connectivity index (χ0n) is 16.5. The number of hydrogen-bond acceptors (Lipinski definition) is 6. The molecule has 1 fully saturated rings. The van der Waals surface area contributed by atoms with Crippen LogP contribution in [-0.4, -0.2) is 74.7 Å². The molecule has 0 aromatic rings. The molecule has 30 heavy (non-hydrogen) atoms. The summed E-state index contributed by atoms with van der Waals surface area (Å²) in [6.07, 6.45) is 4.49. The van der Waals surface area contributed by atoms with Crippen LogP contribution in [0.4, 0.5) is 0 Å². The number of amides is 2. The molecule has 0 aromatic heterocycles. The second-order valence-corrected chi connectivity index (χ2v) is 5.90. The van der Waals surface area contributed by atoms with Crippen molar-refractivity contribution in [1.82, 2.24) is 10.6 Å². The second-order valence-electron chi connectivity index (χ2n) is 5.90. The van der Waals surface area contributed by atoms with Crippen LogP contribution in [0.1, 0.15) is 57.8 Å². The number of unbranched alkanes of at least 4 members (excludes halogenated alkanes) is 1. The van der Waals surface area contributed by atoms with Crippen molar-refractivity contribution in [2.45, 2.75) is 57.8 Å². The van der Waals surface area contributed by atoms with Gasteiger partial charge in [0.05, 0.1) is 0 Å². The standard InChI is InChI=1S/C6H11NO.C6H10O4.C5H7NO5.H2O/c8-6-4-2-1-3-5-7-6;7-5(8)3-1-2-4-6(9)10;7-3(1-4(8)9)6-2-5(10)11;/h1-5H2,(H,7,8);1-4H2,(H,7,8)(H,9,10);1-2H2,(H,6,7)(H,8,9)(H,10,11);1H2. The Kier molecular flexibility index (Phi) is 21.5. The molecule has 2 amide bonds. The van der Waals surface area contributed by atoms with Crippen LogP contribution in [0.15, 0.2) is 0 Å². The molecule has 0 bridgehead atoms. The van der Waals surface area contributed by atoms with Crippen molar-refractivity contribution in [3.8, 4) is 0 Å². The average Bonchev–Trinajstić information content (AvgIpc) is 2.85. The number of carboxylic acids is 4. The van der Waals surface area contributed by atoms with Gasteiger partial charge in [0.2, 0.25) is 11.8 Å². The highest BCUT2D eigenvalue weighted by molar-refractivity contribution is 5.94. The van der Waals surface area contributed by atoms with Crippen LogP contribution in [0.2, 0.25) is 0 Å². The van der Waals surface area contributed by atoms with Crippen molar-refractivity contribution in [3.63, 3.8) is 0 Å². The van der Waals surface area contributed by atoms with Crippen LogP contribution in [0, 0.1) is 0 Å². The lowest BCUT2D eigenvalue weighted by Crippen LogP contribution is -2.30. The van der Waals surface area contributed by atoms with E-state index in [9.17, 15) is 28.8 Å². The number of carbonyl (C=O) groups is 6. The third kappa shape index (κ3) is 29.5. The second kappa shape index (κ2) is 20.5. The molecule has 1 aliphatic rings.